The van der Waals surface area contributed by atoms with Crippen molar-refractivity contribution in [3.05, 3.63) is 30.1 Å². The Balaban J connectivity index is 1.45. The monoisotopic (exact) mass is 375 g/mol. The molecule has 1 fully saturated rings. The van der Waals surface area contributed by atoms with E-state index in [0.717, 1.165) is 56.3 Å². The number of carbonyl (C=O) groups is 1. The maximum Gasteiger partial charge on any atom is 0.233 e. The Hall–Kier alpha value is -2.22. The normalized spacial score (nSPS) is 14.5. The van der Waals surface area contributed by atoms with Crippen LogP contribution in [0.25, 0.3) is 0 Å². The highest BCUT2D eigenvalue weighted by atomic mass is 32.2. The number of nitrogens with one attached hydrogen (secondary N) is 1. The molecule has 8 heteroatoms. The SMILES string of the molecule is CCCc1nc(SCC(=O)N2CCN(c3ccc(OC)cc3)CC2)n[nH]1. The van der Waals surface area contributed by atoms with Crippen LogP contribution in [-0.4, -0.2) is 65.0 Å². The number of aromatic nitrogens is 3. The molecule has 1 N–H and O–H groups in total. The van der Waals surface area contributed by atoms with Gasteiger partial charge in [0.05, 0.1) is 12.9 Å². The third-order valence-corrected chi connectivity index (χ3v) is 5.22. The minimum Gasteiger partial charge on any atom is -0.497 e. The smallest absolute Gasteiger partial charge is 0.233 e. The molecule has 7 nitrogen and oxygen atoms in total. The standard InChI is InChI=1S/C18H25N5O2S/c1-3-4-16-19-18(21-20-16)26-13-17(24)23-11-9-22(10-12-23)14-5-7-15(25-2)8-6-14/h5-8H,3-4,9-13H2,1-2H3,(H,19,20,21). The number of aromatic amines is 1. The molecule has 0 atom stereocenters. The van der Waals surface area contributed by atoms with Gasteiger partial charge in [-0.3, -0.25) is 9.89 Å². The van der Waals surface area contributed by atoms with E-state index >= 15 is 0 Å². The van der Waals surface area contributed by atoms with Gasteiger partial charge in [-0.05, 0) is 30.7 Å². The van der Waals surface area contributed by atoms with Gasteiger partial charge in [0, 0.05) is 38.3 Å². The first kappa shape index (κ1) is 18.6. The van der Waals surface area contributed by atoms with E-state index in [9.17, 15) is 4.79 Å². The maximum atomic E-state index is 12.4. The van der Waals surface area contributed by atoms with Crippen LogP contribution < -0.4 is 9.64 Å². The van der Waals surface area contributed by atoms with Gasteiger partial charge in [0.25, 0.3) is 0 Å². The number of nitrogens with zero attached hydrogens (tertiary/aromatic N) is 4. The van der Waals surface area contributed by atoms with Crippen LogP contribution in [0.15, 0.2) is 29.4 Å². The highest BCUT2D eigenvalue weighted by molar-refractivity contribution is 7.99. The molecule has 0 radical (unpaired) electrons. The fraction of sp³-hybridized carbons (Fsp3) is 0.500. The first-order chi connectivity index (χ1) is 12.7. The van der Waals surface area contributed by atoms with Crippen molar-refractivity contribution in [3.8, 4) is 5.75 Å². The van der Waals surface area contributed by atoms with Gasteiger partial charge < -0.3 is 14.5 Å². The Kier molecular flexibility index (Phi) is 6.38. The third-order valence-electron chi connectivity index (χ3n) is 4.39. The molecule has 1 aliphatic rings. The van der Waals surface area contributed by atoms with E-state index in [4.69, 9.17) is 4.74 Å². The lowest BCUT2D eigenvalue weighted by Crippen LogP contribution is -2.49. The van der Waals surface area contributed by atoms with Crippen LogP contribution in [0.5, 0.6) is 5.75 Å². The molecular weight excluding hydrogens is 350 g/mol. The van der Waals surface area contributed by atoms with Gasteiger partial charge in [0.1, 0.15) is 11.6 Å². The number of rotatable bonds is 7. The van der Waals surface area contributed by atoms with Crippen LogP contribution in [0.4, 0.5) is 5.69 Å². The first-order valence-electron chi connectivity index (χ1n) is 8.90. The highest BCUT2D eigenvalue weighted by Gasteiger charge is 2.21. The number of piperazine rings is 1. The Labute approximate surface area is 158 Å². The number of aryl methyl sites for hydroxylation is 1. The number of benzene rings is 1. The molecule has 140 valence electrons. The molecule has 26 heavy (non-hydrogen) atoms. The molecule has 3 rings (SSSR count). The van der Waals surface area contributed by atoms with Crippen molar-refractivity contribution in [2.75, 3.05) is 43.9 Å². The summed E-state index contributed by atoms with van der Waals surface area (Å²) < 4.78 is 5.20. The van der Waals surface area contributed by atoms with Crippen molar-refractivity contribution in [2.45, 2.75) is 24.9 Å². The molecule has 1 aromatic carbocycles. The summed E-state index contributed by atoms with van der Waals surface area (Å²) in [5.41, 5.74) is 1.16. The van der Waals surface area contributed by atoms with Crippen molar-refractivity contribution in [1.82, 2.24) is 20.1 Å². The van der Waals surface area contributed by atoms with Crippen LogP contribution in [0, 0.1) is 0 Å². The number of anilines is 1. The van der Waals surface area contributed by atoms with Crippen molar-refractivity contribution >= 4 is 23.4 Å². The Bertz CT molecular complexity index is 711. The molecule has 2 heterocycles. The number of amides is 1. The van der Waals surface area contributed by atoms with Crippen LogP contribution in [0.2, 0.25) is 0 Å². The zero-order chi connectivity index (χ0) is 18.4. The third kappa shape index (κ3) is 4.69. The number of hydrogen-bond acceptors (Lipinski definition) is 6. The molecule has 0 bridgehead atoms. The minimum absolute atomic E-state index is 0.145. The fourth-order valence-electron chi connectivity index (χ4n) is 2.92. The molecular formula is C18H25N5O2S. The van der Waals surface area contributed by atoms with E-state index in [1.54, 1.807) is 7.11 Å². The van der Waals surface area contributed by atoms with Crippen molar-refractivity contribution in [2.24, 2.45) is 0 Å². The molecule has 0 spiro atoms. The number of ether oxygens (including phenoxy) is 1. The van der Waals surface area contributed by atoms with E-state index in [0.29, 0.717) is 10.9 Å². The summed E-state index contributed by atoms with van der Waals surface area (Å²) in [4.78, 5) is 21.0. The lowest BCUT2D eigenvalue weighted by molar-refractivity contribution is -0.128. The van der Waals surface area contributed by atoms with Gasteiger partial charge in [-0.25, -0.2) is 4.98 Å². The quantitative estimate of drug-likeness (QED) is 0.748. The summed E-state index contributed by atoms with van der Waals surface area (Å²) in [5.74, 6) is 2.27. The molecule has 1 aliphatic heterocycles. The van der Waals surface area contributed by atoms with Crippen LogP contribution in [-0.2, 0) is 11.2 Å². The van der Waals surface area contributed by atoms with Gasteiger partial charge in [0.2, 0.25) is 11.1 Å². The van der Waals surface area contributed by atoms with Gasteiger partial charge in [-0.15, -0.1) is 5.10 Å². The summed E-state index contributed by atoms with van der Waals surface area (Å²) in [7, 11) is 1.67. The molecule has 0 saturated carbocycles. The topological polar surface area (TPSA) is 74.3 Å². The predicted octanol–water partition coefficient (Wildman–Crippen LogP) is 2.21. The number of H-pyrrole nitrogens is 1. The van der Waals surface area contributed by atoms with E-state index in [1.807, 2.05) is 17.0 Å². The summed E-state index contributed by atoms with van der Waals surface area (Å²) in [6.07, 6.45) is 1.91. The number of thioether (sulfide) groups is 1. The maximum absolute atomic E-state index is 12.4. The number of hydrogen-bond donors (Lipinski definition) is 1. The molecule has 0 aliphatic carbocycles. The molecule has 0 unspecified atom stereocenters. The van der Waals surface area contributed by atoms with Gasteiger partial charge in [-0.1, -0.05) is 18.7 Å². The average molecular weight is 375 g/mol. The van der Waals surface area contributed by atoms with Gasteiger partial charge in [-0.2, -0.15) is 0 Å². The molecule has 1 aromatic heterocycles. The zero-order valence-corrected chi connectivity index (χ0v) is 16.1. The largest absolute Gasteiger partial charge is 0.497 e. The van der Waals surface area contributed by atoms with Gasteiger partial charge >= 0.3 is 0 Å². The first-order valence-corrected chi connectivity index (χ1v) is 9.89. The summed E-state index contributed by atoms with van der Waals surface area (Å²) in [6.45, 7) is 5.25. The number of carbonyl (C=O) groups excluding carboxylic acids is 1. The van der Waals surface area contributed by atoms with E-state index in [-0.39, 0.29) is 5.91 Å². The summed E-state index contributed by atoms with van der Waals surface area (Å²) >= 11 is 1.40. The van der Waals surface area contributed by atoms with E-state index < -0.39 is 0 Å². The molecule has 1 saturated heterocycles. The average Bonchev–Trinajstić information content (AvgIpc) is 3.14. The van der Waals surface area contributed by atoms with Crippen LogP contribution in [0.1, 0.15) is 19.2 Å². The summed E-state index contributed by atoms with van der Waals surface area (Å²) in [5, 5.41) is 7.73. The Morgan fingerprint density at radius 1 is 1.23 bits per heavy atom. The van der Waals surface area contributed by atoms with Gasteiger partial charge in [0.15, 0.2) is 0 Å². The fourth-order valence-corrected chi connectivity index (χ4v) is 3.64. The molecule has 1 amide bonds. The van der Waals surface area contributed by atoms with Crippen LogP contribution in [0.3, 0.4) is 0 Å². The Morgan fingerprint density at radius 3 is 2.62 bits per heavy atom. The second kappa shape index (κ2) is 8.93. The predicted molar refractivity (Wildman–Crippen MR) is 103 cm³/mol. The van der Waals surface area contributed by atoms with E-state index in [1.165, 1.54) is 11.8 Å². The van der Waals surface area contributed by atoms with E-state index in [2.05, 4.69) is 39.1 Å². The second-order valence-electron chi connectivity index (χ2n) is 6.17. The highest BCUT2D eigenvalue weighted by Crippen LogP contribution is 2.21. The Morgan fingerprint density at radius 2 is 1.96 bits per heavy atom. The lowest BCUT2D eigenvalue weighted by Gasteiger charge is -2.36. The second-order valence-corrected chi connectivity index (χ2v) is 7.11. The summed E-state index contributed by atoms with van der Waals surface area (Å²) in [6, 6.07) is 8.05. The molecule has 2 aromatic rings. The van der Waals surface area contributed by atoms with Crippen molar-refractivity contribution in [1.29, 1.82) is 0 Å². The lowest BCUT2D eigenvalue weighted by atomic mass is 10.2. The van der Waals surface area contributed by atoms with Crippen molar-refractivity contribution in [3.63, 3.8) is 0 Å². The van der Waals surface area contributed by atoms with Crippen LogP contribution >= 0.6 is 11.8 Å². The number of methoxy groups -OCH3 is 1. The zero-order valence-electron chi connectivity index (χ0n) is 15.3. The van der Waals surface area contributed by atoms with Crippen molar-refractivity contribution < 1.29 is 9.53 Å². The minimum atomic E-state index is 0.145.